The summed E-state index contributed by atoms with van der Waals surface area (Å²) >= 11 is 0. The minimum atomic E-state index is 0.323. The van der Waals surface area contributed by atoms with Crippen LogP contribution < -0.4 is 0 Å². The summed E-state index contributed by atoms with van der Waals surface area (Å²) in [6, 6.07) is 0. The van der Waals surface area contributed by atoms with Gasteiger partial charge in [-0.2, -0.15) is 0 Å². The molecule has 0 aromatic rings. The van der Waals surface area contributed by atoms with Crippen molar-refractivity contribution in [1.29, 1.82) is 0 Å². The van der Waals surface area contributed by atoms with E-state index in [1.807, 2.05) is 20.2 Å². The first-order valence-corrected chi connectivity index (χ1v) is 10.4. The largest absolute Gasteiger partial charge is 0.307 e. The molecule has 24 heavy (non-hydrogen) atoms. The first-order chi connectivity index (χ1) is 11.6. The molecule has 2 nitrogen and oxygen atoms in total. The van der Waals surface area contributed by atoms with Gasteiger partial charge in [0.05, 0.1) is 0 Å². The van der Waals surface area contributed by atoms with Crippen LogP contribution in [0.1, 0.15) is 90.9 Å². The summed E-state index contributed by atoms with van der Waals surface area (Å²) in [5.41, 5.74) is 0.323. The Morgan fingerprint density at radius 3 is 1.83 bits per heavy atom. The maximum absolute atomic E-state index is 12.2. The third-order valence-corrected chi connectivity index (χ3v) is 4.70. The van der Waals surface area contributed by atoms with Crippen molar-refractivity contribution in [2.24, 2.45) is 0 Å². The van der Waals surface area contributed by atoms with Gasteiger partial charge in [0.25, 0.3) is 0 Å². The lowest BCUT2D eigenvalue weighted by atomic mass is 9.57. The molecule has 0 aliphatic heterocycles. The molecule has 3 heteroatoms. The lowest BCUT2D eigenvalue weighted by Crippen LogP contribution is -2.15. The van der Waals surface area contributed by atoms with Gasteiger partial charge in [-0.3, -0.25) is 0 Å². The van der Waals surface area contributed by atoms with E-state index in [4.69, 9.17) is 0 Å². The van der Waals surface area contributed by atoms with Crippen LogP contribution in [-0.4, -0.2) is 38.5 Å². The van der Waals surface area contributed by atoms with Gasteiger partial charge in [-0.1, -0.05) is 103 Å². The quantitative estimate of drug-likeness (QED) is 0.196. The molecule has 0 aliphatic carbocycles. The number of carbonyl (C=O) groups excluding carboxylic acids is 1. The highest BCUT2D eigenvalue weighted by molar-refractivity contribution is 6.77. The first-order valence-electron chi connectivity index (χ1n) is 10.4. The summed E-state index contributed by atoms with van der Waals surface area (Å²) < 4.78 is 0. The summed E-state index contributed by atoms with van der Waals surface area (Å²) in [6.45, 7) is 5.38. The molecule has 0 aromatic heterocycles. The molecule has 140 valence electrons. The molecule has 0 rings (SSSR count). The van der Waals surface area contributed by atoms with Crippen molar-refractivity contribution in [3.63, 3.8) is 0 Å². The molecule has 0 saturated heterocycles. The number of rotatable bonds is 17. The predicted octanol–water partition coefficient (Wildman–Crippen LogP) is 5.58. The highest BCUT2D eigenvalue weighted by Gasteiger charge is 2.14. The van der Waals surface area contributed by atoms with Gasteiger partial charge in [0.15, 0.2) is 0 Å². The van der Waals surface area contributed by atoms with Crippen LogP contribution in [0.2, 0.25) is 5.82 Å². The molecule has 0 fully saturated rings. The van der Waals surface area contributed by atoms with Crippen molar-refractivity contribution >= 4 is 13.0 Å². The van der Waals surface area contributed by atoms with E-state index in [-0.39, 0.29) is 0 Å². The average molecular weight is 335 g/mol. The molecule has 0 aromatic carbocycles. The average Bonchev–Trinajstić information content (AvgIpc) is 2.53. The lowest BCUT2D eigenvalue weighted by Gasteiger charge is -2.14. The van der Waals surface area contributed by atoms with Gasteiger partial charge < -0.3 is 9.69 Å². The number of hydrogen-bond donors (Lipinski definition) is 0. The van der Waals surface area contributed by atoms with E-state index in [2.05, 4.69) is 18.7 Å². The number of carbonyl (C=O) groups is 1. The number of allylic oxidation sites excluding steroid dienone is 1. The molecule has 0 aliphatic rings. The normalized spacial score (nSPS) is 11.8. The monoisotopic (exact) mass is 335 g/mol. The maximum Gasteiger partial charge on any atom is 0.214 e. The van der Waals surface area contributed by atoms with Gasteiger partial charge in [-0.05, 0) is 20.2 Å². The van der Waals surface area contributed by atoms with E-state index in [1.165, 1.54) is 77.0 Å². The minimum absolute atomic E-state index is 0.323. The van der Waals surface area contributed by atoms with Crippen LogP contribution in [0.3, 0.4) is 0 Å². The van der Waals surface area contributed by atoms with Crippen LogP contribution in [0.5, 0.6) is 0 Å². The Kier molecular flexibility index (Phi) is 16.9. The molecule has 0 atom stereocenters. The summed E-state index contributed by atoms with van der Waals surface area (Å²) in [6.07, 6.45) is 19.6. The fourth-order valence-corrected chi connectivity index (χ4v) is 3.17. The summed E-state index contributed by atoms with van der Waals surface area (Å²) in [5, 5.41) is 0. The minimum Gasteiger partial charge on any atom is -0.307 e. The summed E-state index contributed by atoms with van der Waals surface area (Å²) in [4.78, 5) is 14.3. The second-order valence-electron chi connectivity index (χ2n) is 7.61. The zero-order valence-corrected chi connectivity index (χ0v) is 17.0. The molecule has 0 bridgehead atoms. The Morgan fingerprint density at radius 1 is 0.875 bits per heavy atom. The molecule has 0 N–H and O–H groups in total. The Hall–Kier alpha value is -0.565. The molecular formula is C21H42BNO. The van der Waals surface area contributed by atoms with Crippen molar-refractivity contribution in [2.45, 2.75) is 96.7 Å². The van der Waals surface area contributed by atoms with Gasteiger partial charge in [-0.15, -0.1) is 0 Å². The van der Waals surface area contributed by atoms with E-state index in [0.717, 1.165) is 13.8 Å². The maximum atomic E-state index is 12.2. The highest BCUT2D eigenvalue weighted by Crippen LogP contribution is 2.23. The van der Waals surface area contributed by atoms with Gasteiger partial charge in [0.1, 0.15) is 5.68 Å². The number of nitrogens with zero attached hydrogens (tertiary/aromatic N) is 1. The first kappa shape index (κ1) is 23.4. The van der Waals surface area contributed by atoms with Crippen molar-refractivity contribution in [3.05, 3.63) is 12.2 Å². The van der Waals surface area contributed by atoms with Crippen molar-refractivity contribution < 1.29 is 4.79 Å². The molecule has 0 radical (unpaired) electrons. The van der Waals surface area contributed by atoms with Crippen LogP contribution in [0.25, 0.3) is 0 Å². The van der Waals surface area contributed by atoms with Gasteiger partial charge in [-0.25, -0.2) is 0 Å². The van der Waals surface area contributed by atoms with Crippen LogP contribution in [0.15, 0.2) is 12.2 Å². The Balaban J connectivity index is 4.13. The van der Waals surface area contributed by atoms with Crippen LogP contribution in [0, 0.1) is 0 Å². The van der Waals surface area contributed by atoms with Crippen molar-refractivity contribution in [1.82, 2.24) is 4.90 Å². The van der Waals surface area contributed by atoms with Crippen LogP contribution in [-0.2, 0) is 4.79 Å². The predicted molar refractivity (Wildman–Crippen MR) is 110 cm³/mol. The third kappa shape index (κ3) is 16.3. The molecule has 0 heterocycles. The smallest absolute Gasteiger partial charge is 0.214 e. The van der Waals surface area contributed by atoms with Gasteiger partial charge >= 0.3 is 0 Å². The van der Waals surface area contributed by atoms with E-state index in [1.54, 1.807) is 6.08 Å². The van der Waals surface area contributed by atoms with Gasteiger partial charge in [0, 0.05) is 6.54 Å². The van der Waals surface area contributed by atoms with E-state index < -0.39 is 0 Å². The van der Waals surface area contributed by atoms with E-state index >= 15 is 0 Å². The highest BCUT2D eigenvalue weighted by atomic mass is 16.1. The Labute approximate surface area is 152 Å². The Morgan fingerprint density at radius 2 is 1.38 bits per heavy atom. The molecule has 0 spiro atoms. The Bertz CT molecular complexity index is 301. The molecule has 0 saturated carbocycles. The zero-order chi connectivity index (χ0) is 18.0. The lowest BCUT2D eigenvalue weighted by molar-refractivity contribution is -0.108. The standard InChI is InChI=1S/C21H42BNO/c1-5-7-9-11-13-16-20(17-14-12-10-8-6-2)22-21(24)18-15-19-23(3)4/h15,18,20,22H,5-14,16-17,19H2,1-4H3/b18-15+. The zero-order valence-electron chi connectivity index (χ0n) is 17.0. The second-order valence-corrected chi connectivity index (χ2v) is 7.61. The number of likely N-dealkylation sites (N-methyl/N-ethyl adjacent to an activating group) is 1. The number of hydrogen-bond acceptors (Lipinski definition) is 2. The van der Waals surface area contributed by atoms with Crippen molar-refractivity contribution in [3.8, 4) is 0 Å². The molecule has 0 unspecified atom stereocenters. The fourth-order valence-electron chi connectivity index (χ4n) is 3.17. The SMILES string of the molecule is CCCCCCCC(BC(=O)/C=C/CN(C)C)CCCCCCC. The van der Waals surface area contributed by atoms with Gasteiger partial charge in [0.2, 0.25) is 7.28 Å². The van der Waals surface area contributed by atoms with Crippen molar-refractivity contribution in [2.75, 3.05) is 20.6 Å². The second kappa shape index (κ2) is 17.3. The number of unbranched alkanes of at least 4 members (excludes halogenated alkanes) is 8. The molecule has 0 amide bonds. The summed E-state index contributed by atoms with van der Waals surface area (Å²) in [5.74, 6) is 0.602. The van der Waals surface area contributed by atoms with Crippen LogP contribution >= 0.6 is 0 Å². The fraction of sp³-hybridized carbons (Fsp3) is 0.857. The topological polar surface area (TPSA) is 20.3 Å². The van der Waals surface area contributed by atoms with E-state index in [9.17, 15) is 4.79 Å². The summed E-state index contributed by atoms with van der Waals surface area (Å²) in [7, 11) is 4.82. The van der Waals surface area contributed by atoms with Crippen LogP contribution in [0.4, 0.5) is 0 Å². The molecular weight excluding hydrogens is 293 g/mol. The third-order valence-electron chi connectivity index (χ3n) is 4.70. The van der Waals surface area contributed by atoms with E-state index in [0.29, 0.717) is 11.5 Å².